The second kappa shape index (κ2) is 7.26. The molecule has 122 valence electrons. The van der Waals surface area contributed by atoms with Crippen molar-refractivity contribution in [2.24, 2.45) is 5.92 Å². The predicted molar refractivity (Wildman–Crippen MR) is 85.3 cm³/mol. The van der Waals surface area contributed by atoms with Crippen molar-refractivity contribution in [2.75, 3.05) is 49.9 Å². The van der Waals surface area contributed by atoms with E-state index in [1.165, 1.54) is 6.33 Å². The molecular weight excluding hydrogens is 284 g/mol. The first-order valence-electron chi connectivity index (χ1n) is 7.49. The lowest BCUT2D eigenvalue weighted by Crippen LogP contribution is -2.38. The van der Waals surface area contributed by atoms with Crippen LogP contribution in [0.4, 0.5) is 17.3 Å². The molecule has 0 aliphatic carbocycles. The summed E-state index contributed by atoms with van der Waals surface area (Å²) in [4.78, 5) is 22.3. The van der Waals surface area contributed by atoms with Crippen LogP contribution in [0, 0.1) is 5.92 Å². The highest BCUT2D eigenvalue weighted by atomic mass is 16.5. The monoisotopic (exact) mass is 308 g/mol. The van der Waals surface area contributed by atoms with Crippen molar-refractivity contribution < 1.29 is 9.53 Å². The first kappa shape index (κ1) is 16.3. The fourth-order valence-electron chi connectivity index (χ4n) is 2.53. The maximum Gasteiger partial charge on any atom is 0.309 e. The number of carbonyl (C=O) groups is 1. The first-order valence-corrected chi connectivity index (χ1v) is 7.49. The van der Waals surface area contributed by atoms with Crippen LogP contribution < -0.4 is 16.1 Å². The molecule has 0 amide bonds. The minimum atomic E-state index is -0.104. The van der Waals surface area contributed by atoms with Gasteiger partial charge in [0.15, 0.2) is 11.6 Å². The lowest BCUT2D eigenvalue weighted by molar-refractivity contribution is -0.148. The Morgan fingerprint density at radius 3 is 2.73 bits per heavy atom. The van der Waals surface area contributed by atoms with Gasteiger partial charge in [-0.15, -0.1) is 0 Å². The number of hydrogen-bond acceptors (Lipinski definition) is 8. The number of ether oxygens (including phenoxy) is 1. The Labute approximate surface area is 130 Å². The quantitative estimate of drug-likeness (QED) is 0.607. The molecule has 8 nitrogen and oxygen atoms in total. The highest BCUT2D eigenvalue weighted by Crippen LogP contribution is 2.30. The van der Waals surface area contributed by atoms with Crippen LogP contribution in [0.25, 0.3) is 0 Å². The van der Waals surface area contributed by atoms with E-state index in [1.54, 1.807) is 5.01 Å². The Kier molecular flexibility index (Phi) is 5.37. The van der Waals surface area contributed by atoms with E-state index >= 15 is 0 Å². The second-order valence-corrected chi connectivity index (χ2v) is 5.48. The molecule has 8 heteroatoms. The molecule has 0 radical (unpaired) electrons. The summed E-state index contributed by atoms with van der Waals surface area (Å²) in [5.74, 6) is 1.16. The van der Waals surface area contributed by atoms with Gasteiger partial charge in [-0.25, -0.2) is 15.0 Å². The van der Waals surface area contributed by atoms with Crippen LogP contribution in [-0.2, 0) is 9.53 Å². The molecule has 0 spiro atoms. The zero-order valence-corrected chi connectivity index (χ0v) is 13.4. The second-order valence-electron chi connectivity index (χ2n) is 5.48. The molecule has 1 fully saturated rings. The average Bonchev–Trinajstić information content (AvgIpc) is 2.49. The van der Waals surface area contributed by atoms with Gasteiger partial charge < -0.3 is 20.8 Å². The number of hydrazine groups is 1. The van der Waals surface area contributed by atoms with Gasteiger partial charge in [0.05, 0.1) is 12.5 Å². The third-order valence-electron chi connectivity index (χ3n) is 3.61. The highest BCUT2D eigenvalue weighted by Gasteiger charge is 2.27. The van der Waals surface area contributed by atoms with Crippen molar-refractivity contribution in [3.05, 3.63) is 6.33 Å². The van der Waals surface area contributed by atoms with Crippen LogP contribution >= 0.6 is 0 Å². The molecule has 0 bridgehead atoms. The van der Waals surface area contributed by atoms with Crippen molar-refractivity contribution in [2.45, 2.75) is 19.8 Å². The van der Waals surface area contributed by atoms with Gasteiger partial charge in [-0.3, -0.25) is 4.79 Å². The van der Waals surface area contributed by atoms with E-state index in [4.69, 9.17) is 10.5 Å². The molecule has 0 atom stereocenters. The van der Waals surface area contributed by atoms with E-state index in [1.807, 2.05) is 21.0 Å². The van der Waals surface area contributed by atoms with Crippen molar-refractivity contribution in [1.29, 1.82) is 0 Å². The molecule has 2 rings (SSSR count). The zero-order valence-electron chi connectivity index (χ0n) is 13.4. The smallest absolute Gasteiger partial charge is 0.309 e. The minimum Gasteiger partial charge on any atom is -0.466 e. The van der Waals surface area contributed by atoms with Crippen LogP contribution in [0.5, 0.6) is 0 Å². The number of nitrogens with zero attached hydrogens (tertiary/aromatic N) is 4. The van der Waals surface area contributed by atoms with Gasteiger partial charge in [0.25, 0.3) is 0 Å². The molecular formula is C14H24N6O2. The summed E-state index contributed by atoms with van der Waals surface area (Å²) in [6.45, 7) is 3.71. The normalized spacial score (nSPS) is 15.9. The molecule has 1 aromatic heterocycles. The predicted octanol–water partition coefficient (Wildman–Crippen LogP) is 0.727. The van der Waals surface area contributed by atoms with E-state index < -0.39 is 0 Å². The first-order chi connectivity index (χ1) is 10.5. The lowest BCUT2D eigenvalue weighted by Gasteiger charge is -2.32. The van der Waals surface area contributed by atoms with Crippen LogP contribution in [-0.4, -0.2) is 54.7 Å². The molecule has 1 saturated heterocycles. The van der Waals surface area contributed by atoms with Gasteiger partial charge in [-0.2, -0.15) is 0 Å². The molecule has 2 heterocycles. The van der Waals surface area contributed by atoms with Gasteiger partial charge in [-0.1, -0.05) is 0 Å². The number of esters is 1. The number of rotatable bonds is 5. The SMILES string of the molecule is CCOC(=O)C1CCN(c2ncnc(NN(C)C)c2N)CC1. The number of piperidine rings is 1. The Bertz CT molecular complexity index is 514. The average molecular weight is 308 g/mol. The third kappa shape index (κ3) is 3.76. The van der Waals surface area contributed by atoms with Gasteiger partial charge in [0.2, 0.25) is 0 Å². The van der Waals surface area contributed by atoms with Gasteiger partial charge in [-0.05, 0) is 19.8 Å². The molecule has 0 saturated carbocycles. The van der Waals surface area contributed by atoms with Crippen LogP contribution in [0.2, 0.25) is 0 Å². The van der Waals surface area contributed by atoms with Crippen LogP contribution in [0.3, 0.4) is 0 Å². The van der Waals surface area contributed by atoms with E-state index in [2.05, 4.69) is 20.3 Å². The number of nitrogens with one attached hydrogen (secondary N) is 1. The third-order valence-corrected chi connectivity index (χ3v) is 3.61. The van der Waals surface area contributed by atoms with Crippen molar-refractivity contribution in [3.63, 3.8) is 0 Å². The summed E-state index contributed by atoms with van der Waals surface area (Å²) >= 11 is 0. The van der Waals surface area contributed by atoms with Crippen LogP contribution in [0.15, 0.2) is 6.33 Å². The number of anilines is 3. The standard InChI is InChI=1S/C14H24N6O2/c1-4-22-14(21)10-5-7-20(8-6-10)13-11(15)12(16-9-17-13)18-19(2)3/h9-10H,4-8,15H2,1-3H3,(H,16,17,18). The number of nitrogen functional groups attached to an aromatic ring is 1. The molecule has 1 aromatic rings. The van der Waals surface area contributed by atoms with E-state index in [0.29, 0.717) is 23.9 Å². The van der Waals surface area contributed by atoms with E-state index in [0.717, 1.165) is 25.9 Å². The van der Waals surface area contributed by atoms with E-state index in [-0.39, 0.29) is 11.9 Å². The summed E-state index contributed by atoms with van der Waals surface area (Å²) < 4.78 is 5.09. The summed E-state index contributed by atoms with van der Waals surface area (Å²) in [5, 5.41) is 1.77. The molecule has 1 aliphatic rings. The highest BCUT2D eigenvalue weighted by molar-refractivity contribution is 5.76. The maximum absolute atomic E-state index is 11.8. The van der Waals surface area contributed by atoms with Crippen molar-refractivity contribution >= 4 is 23.3 Å². The molecule has 1 aliphatic heterocycles. The largest absolute Gasteiger partial charge is 0.466 e. The Morgan fingerprint density at radius 1 is 1.45 bits per heavy atom. The molecule has 3 N–H and O–H groups in total. The minimum absolute atomic E-state index is 0.0290. The van der Waals surface area contributed by atoms with Gasteiger partial charge in [0.1, 0.15) is 12.0 Å². The zero-order chi connectivity index (χ0) is 16.1. The topological polar surface area (TPSA) is 96.6 Å². The Hall–Kier alpha value is -2.09. The lowest BCUT2D eigenvalue weighted by atomic mass is 9.97. The molecule has 22 heavy (non-hydrogen) atoms. The van der Waals surface area contributed by atoms with Crippen LogP contribution in [0.1, 0.15) is 19.8 Å². The Morgan fingerprint density at radius 2 is 2.14 bits per heavy atom. The number of hydrogen-bond donors (Lipinski definition) is 2. The van der Waals surface area contributed by atoms with Gasteiger partial charge in [0, 0.05) is 27.2 Å². The van der Waals surface area contributed by atoms with Gasteiger partial charge >= 0.3 is 5.97 Å². The van der Waals surface area contributed by atoms with Crippen molar-refractivity contribution in [3.8, 4) is 0 Å². The number of aromatic nitrogens is 2. The molecule has 0 aromatic carbocycles. The maximum atomic E-state index is 11.8. The number of nitrogens with two attached hydrogens (primary N) is 1. The van der Waals surface area contributed by atoms with E-state index in [9.17, 15) is 4.79 Å². The number of carbonyl (C=O) groups excluding carboxylic acids is 1. The Balaban J connectivity index is 2.04. The summed E-state index contributed by atoms with van der Waals surface area (Å²) in [6, 6.07) is 0. The summed E-state index contributed by atoms with van der Waals surface area (Å²) in [6.07, 6.45) is 2.99. The fourth-order valence-corrected chi connectivity index (χ4v) is 2.53. The fraction of sp³-hybridized carbons (Fsp3) is 0.643. The summed E-state index contributed by atoms with van der Waals surface area (Å²) in [5.41, 5.74) is 9.73. The molecule has 0 unspecified atom stereocenters. The summed E-state index contributed by atoms with van der Waals surface area (Å²) in [7, 11) is 3.73. The van der Waals surface area contributed by atoms with Crippen molar-refractivity contribution in [1.82, 2.24) is 15.0 Å².